The van der Waals surface area contributed by atoms with Crippen molar-refractivity contribution in [3.63, 3.8) is 0 Å². The van der Waals surface area contributed by atoms with Crippen LogP contribution in [0.4, 0.5) is 0 Å². The van der Waals surface area contributed by atoms with E-state index in [1.807, 2.05) is 0 Å². The second kappa shape index (κ2) is 2.91. The van der Waals surface area contributed by atoms with Crippen molar-refractivity contribution in [3.8, 4) is 0 Å². The summed E-state index contributed by atoms with van der Waals surface area (Å²) in [7, 11) is 1.39. The average molecular weight is 231 g/mol. The predicted octanol–water partition coefficient (Wildman–Crippen LogP) is -1.47. The Morgan fingerprint density at radius 3 is 2.82 bits per heavy atom. The van der Waals surface area contributed by atoms with Crippen molar-refractivity contribution in [2.45, 2.75) is 6.42 Å². The average Bonchev–Trinajstić information content (AvgIpc) is 2.70. The van der Waals surface area contributed by atoms with Crippen LogP contribution in [0.15, 0.2) is 27.8 Å². The summed E-state index contributed by atoms with van der Waals surface area (Å²) >= 11 is 0. The quantitative estimate of drug-likeness (QED) is 0.476. The van der Waals surface area contributed by atoms with Gasteiger partial charge in [-0.25, -0.2) is 4.99 Å². The number of rotatable bonds is 0. The summed E-state index contributed by atoms with van der Waals surface area (Å²) < 4.78 is 0. The lowest BCUT2D eigenvalue weighted by Crippen LogP contribution is -2.27. The Labute approximate surface area is 95.9 Å². The van der Waals surface area contributed by atoms with Gasteiger partial charge in [0.05, 0.1) is 5.92 Å². The molecule has 0 N–H and O–H groups in total. The van der Waals surface area contributed by atoms with E-state index in [1.165, 1.54) is 13.1 Å². The van der Waals surface area contributed by atoms with Crippen molar-refractivity contribution in [3.05, 3.63) is 22.8 Å². The molecule has 0 bridgehead atoms. The summed E-state index contributed by atoms with van der Waals surface area (Å²) in [6.45, 7) is 0. The Morgan fingerprint density at radius 1 is 1.41 bits per heavy atom. The van der Waals surface area contributed by atoms with Gasteiger partial charge < -0.3 is 5.11 Å². The largest absolute Gasteiger partial charge is 0.858 e. The van der Waals surface area contributed by atoms with Gasteiger partial charge in [-0.1, -0.05) is 0 Å². The highest BCUT2D eigenvalue weighted by molar-refractivity contribution is 6.21. The molecule has 0 radical (unpaired) electrons. The summed E-state index contributed by atoms with van der Waals surface area (Å²) in [5.41, 5.74) is 0.701. The Bertz CT molecular complexity index is 582. The molecular formula is C11H7N2O4-. The van der Waals surface area contributed by atoms with E-state index in [-0.39, 0.29) is 29.0 Å². The van der Waals surface area contributed by atoms with Gasteiger partial charge >= 0.3 is 0 Å². The van der Waals surface area contributed by atoms with E-state index in [9.17, 15) is 19.5 Å². The van der Waals surface area contributed by atoms with Crippen molar-refractivity contribution < 1.29 is 19.5 Å². The highest BCUT2D eigenvalue weighted by atomic mass is 16.3. The molecule has 1 aliphatic carbocycles. The summed E-state index contributed by atoms with van der Waals surface area (Å²) in [6.07, 6.45) is 1.44. The molecule has 17 heavy (non-hydrogen) atoms. The lowest BCUT2D eigenvalue weighted by Gasteiger charge is -2.18. The second-order valence-corrected chi connectivity index (χ2v) is 4.17. The maximum atomic E-state index is 11.7. The molecule has 0 aromatic carbocycles. The number of imide groups is 1. The molecular weight excluding hydrogens is 224 g/mol. The fourth-order valence-corrected chi connectivity index (χ4v) is 2.34. The molecule has 6 nitrogen and oxygen atoms in total. The van der Waals surface area contributed by atoms with Gasteiger partial charge in [-0.05, 0) is 24.0 Å². The standard InChI is InChI=1S/C11H8N2O4/c1-13-10(16)6-2-4-5(3-7(6)11(13)17)9(15)12-8(4)14/h2,7H,3H2,1H3,(H,12,14,15)/p-1. The van der Waals surface area contributed by atoms with Crippen LogP contribution >= 0.6 is 0 Å². The van der Waals surface area contributed by atoms with Crippen LogP contribution in [-0.4, -0.2) is 35.6 Å². The zero-order valence-electron chi connectivity index (χ0n) is 8.89. The molecule has 3 rings (SSSR count). The normalized spacial score (nSPS) is 27.2. The van der Waals surface area contributed by atoms with E-state index in [1.54, 1.807) is 0 Å². The first-order valence-electron chi connectivity index (χ1n) is 5.07. The molecule has 0 aromatic heterocycles. The Balaban J connectivity index is 2.12. The molecule has 1 atom stereocenters. The minimum atomic E-state index is -0.628. The zero-order chi connectivity index (χ0) is 12.3. The van der Waals surface area contributed by atoms with Crippen molar-refractivity contribution in [2.24, 2.45) is 10.9 Å². The highest BCUT2D eigenvalue weighted by Crippen LogP contribution is 2.38. The number of amides is 3. The predicted molar refractivity (Wildman–Crippen MR) is 53.4 cm³/mol. The van der Waals surface area contributed by atoms with Gasteiger partial charge in [0.25, 0.3) is 11.8 Å². The third-order valence-corrected chi connectivity index (χ3v) is 3.28. The maximum Gasteiger partial charge on any atom is 0.276 e. The van der Waals surface area contributed by atoms with Crippen LogP contribution in [0.1, 0.15) is 6.42 Å². The number of likely N-dealkylation sites (tertiary alicyclic amines) is 1. The SMILES string of the molecule is CN1C(=O)C2=CC3=C(CC2C1=O)C([O-])=NC3=O. The number of carbonyl (C=O) groups is 3. The topological polar surface area (TPSA) is 89.9 Å². The van der Waals surface area contributed by atoms with Gasteiger partial charge in [0.1, 0.15) is 0 Å². The van der Waals surface area contributed by atoms with Crippen LogP contribution in [0.25, 0.3) is 0 Å². The molecule has 86 valence electrons. The van der Waals surface area contributed by atoms with Gasteiger partial charge in [-0.15, -0.1) is 0 Å². The number of aliphatic imine (C=N–C) groups is 1. The molecule has 2 aliphatic heterocycles. The number of fused-ring (bicyclic) bond motifs is 1. The molecule has 1 saturated heterocycles. The smallest absolute Gasteiger partial charge is 0.276 e. The molecule has 2 heterocycles. The molecule has 3 amide bonds. The lowest BCUT2D eigenvalue weighted by atomic mass is 9.85. The van der Waals surface area contributed by atoms with Gasteiger partial charge in [-0.3, -0.25) is 19.3 Å². The summed E-state index contributed by atoms with van der Waals surface area (Å²) in [5, 5.41) is 11.4. The van der Waals surface area contributed by atoms with Crippen molar-refractivity contribution >= 4 is 23.6 Å². The first kappa shape index (κ1) is 9.95. The van der Waals surface area contributed by atoms with Gasteiger partial charge in [0.15, 0.2) is 0 Å². The molecule has 6 heteroatoms. The van der Waals surface area contributed by atoms with Crippen LogP contribution in [-0.2, 0) is 14.4 Å². The lowest BCUT2D eigenvalue weighted by molar-refractivity contribution is -0.213. The third kappa shape index (κ3) is 1.09. The van der Waals surface area contributed by atoms with Crippen molar-refractivity contribution in [2.75, 3.05) is 7.05 Å². The number of carbonyl (C=O) groups excluding carboxylic acids is 3. The minimum absolute atomic E-state index is 0.101. The molecule has 1 fully saturated rings. The fraction of sp³-hybridized carbons (Fsp3) is 0.273. The van der Waals surface area contributed by atoms with E-state index < -0.39 is 23.6 Å². The zero-order valence-corrected chi connectivity index (χ0v) is 8.89. The second-order valence-electron chi connectivity index (χ2n) is 4.17. The Kier molecular flexibility index (Phi) is 1.70. The van der Waals surface area contributed by atoms with Gasteiger partial charge in [0.2, 0.25) is 5.91 Å². The number of hydrogen-bond acceptors (Lipinski definition) is 4. The molecule has 0 aromatic rings. The number of nitrogens with zero attached hydrogens (tertiary/aromatic N) is 2. The van der Waals surface area contributed by atoms with E-state index in [2.05, 4.69) is 4.99 Å². The van der Waals surface area contributed by atoms with E-state index in [0.29, 0.717) is 0 Å². The molecule has 0 spiro atoms. The monoisotopic (exact) mass is 231 g/mol. The number of hydrogen-bond donors (Lipinski definition) is 0. The van der Waals surface area contributed by atoms with Crippen LogP contribution in [0.3, 0.4) is 0 Å². The molecule has 0 saturated carbocycles. The Morgan fingerprint density at radius 2 is 2.12 bits per heavy atom. The van der Waals surface area contributed by atoms with E-state index in [0.717, 1.165) is 4.90 Å². The molecule has 1 unspecified atom stereocenters. The first-order chi connectivity index (χ1) is 8.00. The summed E-state index contributed by atoms with van der Waals surface area (Å²) in [5.74, 6) is -2.57. The van der Waals surface area contributed by atoms with Crippen molar-refractivity contribution in [1.82, 2.24) is 4.90 Å². The summed E-state index contributed by atoms with van der Waals surface area (Å²) in [4.78, 5) is 39.1. The van der Waals surface area contributed by atoms with Crippen molar-refractivity contribution in [1.29, 1.82) is 0 Å². The van der Waals surface area contributed by atoms with E-state index in [4.69, 9.17) is 0 Å². The highest BCUT2D eigenvalue weighted by Gasteiger charge is 2.44. The van der Waals surface area contributed by atoms with Crippen LogP contribution in [0.5, 0.6) is 0 Å². The first-order valence-corrected chi connectivity index (χ1v) is 5.07. The minimum Gasteiger partial charge on any atom is -0.858 e. The van der Waals surface area contributed by atoms with E-state index >= 15 is 0 Å². The number of likely N-dealkylation sites (N-methyl/N-ethyl adjacent to an activating group) is 1. The summed E-state index contributed by atoms with van der Waals surface area (Å²) in [6, 6.07) is 0. The fourth-order valence-electron chi connectivity index (χ4n) is 2.34. The molecule has 3 aliphatic rings. The van der Waals surface area contributed by atoms with Gasteiger partial charge in [0, 0.05) is 18.2 Å². The van der Waals surface area contributed by atoms with Crippen LogP contribution in [0.2, 0.25) is 0 Å². The van der Waals surface area contributed by atoms with Gasteiger partial charge in [-0.2, -0.15) is 0 Å². The Hall–Kier alpha value is -2.24. The third-order valence-electron chi connectivity index (χ3n) is 3.28. The van der Waals surface area contributed by atoms with Crippen LogP contribution < -0.4 is 5.11 Å². The maximum absolute atomic E-state index is 11.7. The van der Waals surface area contributed by atoms with Crippen LogP contribution in [0, 0.1) is 5.92 Å².